The van der Waals surface area contributed by atoms with E-state index in [2.05, 4.69) is 30.9 Å². The van der Waals surface area contributed by atoms with Crippen LogP contribution in [0.4, 0.5) is 0 Å². The van der Waals surface area contributed by atoms with Gasteiger partial charge in [0.25, 0.3) is 0 Å². The predicted molar refractivity (Wildman–Crippen MR) is 71.9 cm³/mol. The van der Waals surface area contributed by atoms with Crippen molar-refractivity contribution in [2.24, 2.45) is 16.8 Å². The number of rotatable bonds is 4. The van der Waals surface area contributed by atoms with Crippen molar-refractivity contribution in [2.75, 3.05) is 0 Å². The Morgan fingerprint density at radius 1 is 1.53 bits per heavy atom. The van der Waals surface area contributed by atoms with Gasteiger partial charge in [-0.2, -0.15) is 0 Å². The average Bonchev–Trinajstić information content (AvgIpc) is 2.30. The lowest BCUT2D eigenvalue weighted by Crippen LogP contribution is -2.14. The van der Waals surface area contributed by atoms with Crippen molar-refractivity contribution in [1.29, 1.82) is 0 Å². The van der Waals surface area contributed by atoms with E-state index in [1.807, 2.05) is 0 Å². The van der Waals surface area contributed by atoms with Gasteiger partial charge in [-0.05, 0) is 12.0 Å². The van der Waals surface area contributed by atoms with E-state index in [1.54, 1.807) is 24.0 Å². The van der Waals surface area contributed by atoms with Crippen LogP contribution in [-0.2, 0) is 0 Å². The van der Waals surface area contributed by atoms with E-state index in [0.29, 0.717) is 26.8 Å². The summed E-state index contributed by atoms with van der Waals surface area (Å²) in [4.78, 5) is 4.22. The maximum atomic E-state index is 8.65. The van der Waals surface area contributed by atoms with Gasteiger partial charge in [0.1, 0.15) is 5.03 Å². The third kappa shape index (κ3) is 3.51. The fourth-order valence-corrected chi connectivity index (χ4v) is 2.37. The SMILES string of the molecule is CC(C)C(C)Sc1nccc(/C(N)=N/O)c1Cl. The zero-order valence-corrected chi connectivity index (χ0v) is 11.6. The molecule has 1 aromatic rings. The minimum Gasteiger partial charge on any atom is -0.409 e. The van der Waals surface area contributed by atoms with Crippen molar-refractivity contribution in [3.8, 4) is 0 Å². The molecule has 0 spiro atoms. The van der Waals surface area contributed by atoms with Crippen molar-refractivity contribution in [1.82, 2.24) is 4.98 Å². The smallest absolute Gasteiger partial charge is 0.171 e. The number of pyridine rings is 1. The van der Waals surface area contributed by atoms with Gasteiger partial charge in [0.15, 0.2) is 5.84 Å². The third-order valence-corrected chi connectivity index (χ3v) is 4.42. The van der Waals surface area contributed by atoms with Crippen molar-refractivity contribution in [3.63, 3.8) is 0 Å². The minimum atomic E-state index is -0.00329. The zero-order valence-electron chi connectivity index (χ0n) is 10.0. The molecule has 0 amide bonds. The number of nitrogens with zero attached hydrogens (tertiary/aromatic N) is 2. The van der Waals surface area contributed by atoms with Crippen LogP contribution in [-0.4, -0.2) is 21.3 Å². The Labute approximate surface area is 110 Å². The van der Waals surface area contributed by atoms with E-state index in [0.717, 1.165) is 0 Å². The number of halogens is 1. The highest BCUT2D eigenvalue weighted by Gasteiger charge is 2.15. The number of thioether (sulfide) groups is 1. The molecular weight excluding hydrogens is 258 g/mol. The van der Waals surface area contributed by atoms with Gasteiger partial charge in [-0.25, -0.2) is 4.98 Å². The highest BCUT2D eigenvalue weighted by atomic mass is 35.5. The summed E-state index contributed by atoms with van der Waals surface area (Å²) in [7, 11) is 0. The monoisotopic (exact) mass is 273 g/mol. The van der Waals surface area contributed by atoms with Crippen LogP contribution >= 0.6 is 23.4 Å². The first-order chi connectivity index (χ1) is 7.97. The molecule has 0 fully saturated rings. The first kappa shape index (κ1) is 14.1. The minimum absolute atomic E-state index is 0.00329. The Morgan fingerprint density at radius 2 is 2.18 bits per heavy atom. The van der Waals surface area contributed by atoms with Crippen LogP contribution in [0.2, 0.25) is 5.02 Å². The van der Waals surface area contributed by atoms with Crippen molar-refractivity contribution in [2.45, 2.75) is 31.0 Å². The average molecular weight is 274 g/mol. The largest absolute Gasteiger partial charge is 0.409 e. The van der Waals surface area contributed by atoms with Gasteiger partial charge in [-0.3, -0.25) is 0 Å². The summed E-state index contributed by atoms with van der Waals surface area (Å²) in [6.07, 6.45) is 1.61. The summed E-state index contributed by atoms with van der Waals surface area (Å²) in [5, 5.41) is 13.1. The maximum Gasteiger partial charge on any atom is 0.171 e. The molecule has 1 heterocycles. The van der Waals surface area contributed by atoms with Gasteiger partial charge >= 0.3 is 0 Å². The van der Waals surface area contributed by atoms with Crippen molar-refractivity contribution < 1.29 is 5.21 Å². The summed E-state index contributed by atoms with van der Waals surface area (Å²) in [5.74, 6) is 0.516. The molecule has 6 heteroatoms. The van der Waals surface area contributed by atoms with Gasteiger partial charge in [0.2, 0.25) is 0 Å². The molecule has 0 radical (unpaired) electrons. The second-order valence-corrected chi connectivity index (χ2v) is 5.77. The molecule has 1 atom stereocenters. The van der Waals surface area contributed by atoms with E-state index < -0.39 is 0 Å². The standard InChI is InChI=1S/C11H16ClN3OS/c1-6(2)7(3)17-11-9(12)8(4-5-14-11)10(13)15-16/h4-7,16H,1-3H3,(H2,13,15). The summed E-state index contributed by atoms with van der Waals surface area (Å²) >= 11 is 7.76. The van der Waals surface area contributed by atoms with Crippen LogP contribution in [0.15, 0.2) is 22.4 Å². The summed E-state index contributed by atoms with van der Waals surface area (Å²) in [6.45, 7) is 6.39. The lowest BCUT2D eigenvalue weighted by Gasteiger charge is -2.15. The molecule has 0 saturated carbocycles. The Hall–Kier alpha value is -0.940. The fraction of sp³-hybridized carbons (Fsp3) is 0.455. The van der Waals surface area contributed by atoms with E-state index in [4.69, 9.17) is 22.5 Å². The molecule has 0 saturated heterocycles. The molecule has 1 aromatic heterocycles. The summed E-state index contributed by atoms with van der Waals surface area (Å²) in [6, 6.07) is 1.63. The van der Waals surface area contributed by atoms with Gasteiger partial charge < -0.3 is 10.9 Å². The third-order valence-electron chi connectivity index (χ3n) is 2.48. The lowest BCUT2D eigenvalue weighted by atomic mass is 10.2. The number of nitrogens with two attached hydrogens (primary N) is 1. The molecule has 94 valence electrons. The molecule has 0 bridgehead atoms. The number of oxime groups is 1. The van der Waals surface area contributed by atoms with E-state index in [-0.39, 0.29) is 5.84 Å². The summed E-state index contributed by atoms with van der Waals surface area (Å²) < 4.78 is 0. The topological polar surface area (TPSA) is 71.5 Å². The van der Waals surface area contributed by atoms with Gasteiger partial charge in [0.05, 0.1) is 5.02 Å². The molecule has 1 unspecified atom stereocenters. The zero-order chi connectivity index (χ0) is 13.0. The number of aromatic nitrogens is 1. The lowest BCUT2D eigenvalue weighted by molar-refractivity contribution is 0.318. The van der Waals surface area contributed by atoms with Gasteiger partial charge in [-0.15, -0.1) is 11.8 Å². The van der Waals surface area contributed by atoms with E-state index >= 15 is 0 Å². The molecule has 0 aliphatic rings. The van der Waals surface area contributed by atoms with Crippen LogP contribution in [0.5, 0.6) is 0 Å². The highest BCUT2D eigenvalue weighted by Crippen LogP contribution is 2.33. The molecule has 17 heavy (non-hydrogen) atoms. The molecule has 3 N–H and O–H groups in total. The Bertz CT molecular complexity index is 423. The molecule has 0 aliphatic heterocycles. The van der Waals surface area contributed by atoms with Crippen LogP contribution < -0.4 is 5.73 Å². The van der Waals surface area contributed by atoms with E-state index in [1.165, 1.54) is 0 Å². The second kappa shape index (κ2) is 6.12. The van der Waals surface area contributed by atoms with Crippen LogP contribution in [0.3, 0.4) is 0 Å². The summed E-state index contributed by atoms with van der Waals surface area (Å²) in [5.41, 5.74) is 6.04. The molecule has 1 rings (SSSR count). The van der Waals surface area contributed by atoms with Crippen LogP contribution in [0.25, 0.3) is 0 Å². The fourth-order valence-electron chi connectivity index (χ4n) is 1.07. The molecule has 4 nitrogen and oxygen atoms in total. The van der Waals surface area contributed by atoms with Gasteiger partial charge in [0, 0.05) is 17.0 Å². The number of amidine groups is 1. The van der Waals surface area contributed by atoms with Crippen molar-refractivity contribution >= 4 is 29.2 Å². The van der Waals surface area contributed by atoms with E-state index in [9.17, 15) is 0 Å². The van der Waals surface area contributed by atoms with Crippen molar-refractivity contribution in [3.05, 3.63) is 22.8 Å². The second-order valence-electron chi connectivity index (χ2n) is 4.03. The molecule has 0 aromatic carbocycles. The molecule has 0 aliphatic carbocycles. The number of hydrogen-bond donors (Lipinski definition) is 2. The molecular formula is C11H16ClN3OS. The maximum absolute atomic E-state index is 8.65. The quantitative estimate of drug-likeness (QED) is 0.291. The van der Waals surface area contributed by atoms with Crippen LogP contribution in [0.1, 0.15) is 26.3 Å². The highest BCUT2D eigenvalue weighted by molar-refractivity contribution is 8.00. The Morgan fingerprint density at radius 3 is 2.71 bits per heavy atom. The predicted octanol–water partition coefficient (Wildman–Crippen LogP) is 2.97. The Balaban J connectivity index is 3.03. The van der Waals surface area contributed by atoms with Crippen LogP contribution in [0, 0.1) is 5.92 Å². The first-order valence-electron chi connectivity index (χ1n) is 5.26. The van der Waals surface area contributed by atoms with Gasteiger partial charge in [-0.1, -0.05) is 37.5 Å². The number of hydrogen-bond acceptors (Lipinski definition) is 4. The normalized spacial score (nSPS) is 14.1. The Kier molecular flexibility index (Phi) is 5.08. The first-order valence-corrected chi connectivity index (χ1v) is 6.52.